The Hall–Kier alpha value is -2.91. The molecule has 2 amide bonds. The molecule has 0 spiro atoms. The van der Waals surface area contributed by atoms with Gasteiger partial charge in [-0.25, -0.2) is 9.78 Å². The average Bonchev–Trinajstić information content (AvgIpc) is 2.89. The summed E-state index contributed by atoms with van der Waals surface area (Å²) < 4.78 is 0. The molecule has 0 radical (unpaired) electrons. The summed E-state index contributed by atoms with van der Waals surface area (Å²) in [4.78, 5) is 36.0. The van der Waals surface area contributed by atoms with Gasteiger partial charge in [0.2, 0.25) is 0 Å². The van der Waals surface area contributed by atoms with Crippen molar-refractivity contribution in [2.24, 2.45) is 11.8 Å². The minimum Gasteiger partial charge on any atom is -0.465 e. The number of nitrogens with zero attached hydrogens (tertiary/aromatic N) is 4. The molecule has 0 unspecified atom stereocenters. The van der Waals surface area contributed by atoms with Crippen molar-refractivity contribution in [1.82, 2.24) is 25.4 Å². The molecule has 2 aromatic rings. The Balaban J connectivity index is 1.37. The Morgan fingerprint density at radius 1 is 1.00 bits per heavy atom. The maximum absolute atomic E-state index is 13.3. The highest BCUT2D eigenvalue weighted by Crippen LogP contribution is 2.28. The highest BCUT2D eigenvalue weighted by atomic mass is 16.4. The van der Waals surface area contributed by atoms with Gasteiger partial charge in [-0.05, 0) is 63.7 Å². The van der Waals surface area contributed by atoms with Crippen molar-refractivity contribution >= 4 is 28.7 Å². The van der Waals surface area contributed by atoms with Crippen molar-refractivity contribution in [2.75, 3.05) is 71.4 Å². The molecule has 1 saturated heterocycles. The standard InChI is InChI=1S/C27H40N6O3/c1-31(2)11-12-32-13-15-33(16-14-32)25-17-23(22-5-3-4-6-24(22)30-25)26(34)28-18-20-7-9-21(10-8-20)19-29-27(35)36/h3-6,17,20-21,29H,7-16,18-19H2,1-2H3,(H,28,34)(H,35,36). The van der Waals surface area contributed by atoms with E-state index >= 15 is 0 Å². The van der Waals surface area contributed by atoms with Gasteiger partial charge in [0.1, 0.15) is 5.82 Å². The summed E-state index contributed by atoms with van der Waals surface area (Å²) in [7, 11) is 4.21. The molecule has 1 aliphatic heterocycles. The van der Waals surface area contributed by atoms with Gasteiger partial charge < -0.3 is 25.5 Å². The van der Waals surface area contributed by atoms with Crippen molar-refractivity contribution < 1.29 is 14.7 Å². The Morgan fingerprint density at radius 3 is 2.28 bits per heavy atom. The van der Waals surface area contributed by atoms with Gasteiger partial charge in [0.05, 0.1) is 11.1 Å². The van der Waals surface area contributed by atoms with Crippen molar-refractivity contribution in [3.05, 3.63) is 35.9 Å². The molecule has 0 atom stereocenters. The predicted octanol–water partition coefficient (Wildman–Crippen LogP) is 2.72. The van der Waals surface area contributed by atoms with E-state index < -0.39 is 6.09 Å². The molecule has 196 valence electrons. The number of carbonyl (C=O) groups is 2. The van der Waals surface area contributed by atoms with Crippen molar-refractivity contribution in [3.63, 3.8) is 0 Å². The number of fused-ring (bicyclic) bond motifs is 1. The molecule has 1 aromatic heterocycles. The third-order valence-corrected chi connectivity index (χ3v) is 7.57. The second-order valence-corrected chi connectivity index (χ2v) is 10.5. The summed E-state index contributed by atoms with van der Waals surface area (Å²) >= 11 is 0. The number of carbonyl (C=O) groups excluding carboxylic acids is 1. The van der Waals surface area contributed by atoms with Gasteiger partial charge in [-0.1, -0.05) is 18.2 Å². The van der Waals surface area contributed by atoms with Crippen LogP contribution in [-0.2, 0) is 0 Å². The van der Waals surface area contributed by atoms with Crippen LogP contribution in [0.2, 0.25) is 0 Å². The number of aromatic nitrogens is 1. The average molecular weight is 497 g/mol. The van der Waals surface area contributed by atoms with Gasteiger partial charge in [-0.2, -0.15) is 0 Å². The van der Waals surface area contributed by atoms with Crippen molar-refractivity contribution in [3.8, 4) is 0 Å². The highest BCUT2D eigenvalue weighted by molar-refractivity contribution is 6.07. The van der Waals surface area contributed by atoms with Crippen molar-refractivity contribution in [1.29, 1.82) is 0 Å². The number of pyridine rings is 1. The molecule has 2 heterocycles. The third-order valence-electron chi connectivity index (χ3n) is 7.57. The summed E-state index contributed by atoms with van der Waals surface area (Å²) in [5, 5.41) is 15.4. The fourth-order valence-corrected chi connectivity index (χ4v) is 5.26. The Bertz CT molecular complexity index is 1030. The van der Waals surface area contributed by atoms with Crippen LogP contribution in [0.3, 0.4) is 0 Å². The van der Waals surface area contributed by atoms with Gasteiger partial charge in [-0.3, -0.25) is 9.69 Å². The minimum atomic E-state index is -0.959. The zero-order valence-electron chi connectivity index (χ0n) is 21.6. The number of nitrogens with one attached hydrogen (secondary N) is 2. The van der Waals surface area contributed by atoms with E-state index in [1.54, 1.807) is 0 Å². The van der Waals surface area contributed by atoms with Gasteiger partial charge in [0.15, 0.2) is 0 Å². The first-order valence-corrected chi connectivity index (χ1v) is 13.2. The SMILES string of the molecule is CN(C)CCN1CCN(c2cc(C(=O)NCC3CCC(CNC(=O)O)CC3)c3ccccc3n2)CC1. The summed E-state index contributed by atoms with van der Waals surface area (Å²) in [5.41, 5.74) is 1.53. The lowest BCUT2D eigenvalue weighted by atomic mass is 9.82. The molecule has 9 nitrogen and oxygen atoms in total. The number of piperazine rings is 1. The van der Waals surface area contributed by atoms with E-state index in [-0.39, 0.29) is 5.91 Å². The Morgan fingerprint density at radius 2 is 1.64 bits per heavy atom. The van der Waals surface area contributed by atoms with E-state index in [0.717, 1.165) is 81.7 Å². The van der Waals surface area contributed by atoms with E-state index in [1.165, 1.54) is 0 Å². The van der Waals surface area contributed by atoms with Crippen LogP contribution in [0.4, 0.5) is 10.6 Å². The zero-order chi connectivity index (χ0) is 25.5. The van der Waals surface area contributed by atoms with Gasteiger partial charge in [-0.15, -0.1) is 0 Å². The van der Waals surface area contributed by atoms with Crippen LogP contribution in [-0.4, -0.2) is 98.3 Å². The number of hydrogen-bond donors (Lipinski definition) is 3. The number of rotatable bonds is 9. The first-order valence-electron chi connectivity index (χ1n) is 13.2. The first kappa shape index (κ1) is 26.2. The second kappa shape index (κ2) is 12.4. The smallest absolute Gasteiger partial charge is 0.404 e. The van der Waals surface area contributed by atoms with Crippen LogP contribution < -0.4 is 15.5 Å². The van der Waals surface area contributed by atoms with E-state index in [1.807, 2.05) is 30.3 Å². The Labute approximate surface area is 213 Å². The summed E-state index contributed by atoms with van der Waals surface area (Å²) in [6, 6.07) is 9.84. The minimum absolute atomic E-state index is 0.0471. The van der Waals surface area contributed by atoms with Crippen LogP contribution in [0.25, 0.3) is 10.9 Å². The molecule has 2 fully saturated rings. The van der Waals surface area contributed by atoms with Crippen LogP contribution in [0, 0.1) is 11.8 Å². The Kier molecular flexibility index (Phi) is 8.98. The van der Waals surface area contributed by atoms with Crippen LogP contribution in [0.5, 0.6) is 0 Å². The maximum atomic E-state index is 13.3. The molecule has 1 aromatic carbocycles. The van der Waals surface area contributed by atoms with E-state index in [9.17, 15) is 9.59 Å². The molecule has 1 aliphatic carbocycles. The molecule has 0 bridgehead atoms. The molecule has 36 heavy (non-hydrogen) atoms. The fourth-order valence-electron chi connectivity index (χ4n) is 5.26. The van der Waals surface area contributed by atoms with Gasteiger partial charge >= 0.3 is 6.09 Å². The maximum Gasteiger partial charge on any atom is 0.404 e. The topological polar surface area (TPSA) is 101 Å². The lowest BCUT2D eigenvalue weighted by Crippen LogP contribution is -2.48. The number of likely N-dealkylation sites (N-methyl/N-ethyl adjacent to an activating group) is 1. The molecule has 1 saturated carbocycles. The number of carboxylic acid groups (broad SMARTS) is 1. The predicted molar refractivity (Wildman–Crippen MR) is 143 cm³/mol. The lowest BCUT2D eigenvalue weighted by molar-refractivity contribution is 0.0942. The highest BCUT2D eigenvalue weighted by Gasteiger charge is 2.24. The van der Waals surface area contributed by atoms with E-state index in [2.05, 4.69) is 39.4 Å². The fraction of sp³-hybridized carbons (Fsp3) is 0.593. The molecule has 2 aliphatic rings. The molecule has 3 N–H and O–H groups in total. The van der Waals surface area contributed by atoms with Gasteiger partial charge in [0, 0.05) is 57.7 Å². The lowest BCUT2D eigenvalue weighted by Gasteiger charge is -2.36. The van der Waals surface area contributed by atoms with E-state index in [0.29, 0.717) is 30.5 Å². The van der Waals surface area contributed by atoms with Crippen LogP contribution >= 0.6 is 0 Å². The van der Waals surface area contributed by atoms with Crippen molar-refractivity contribution in [2.45, 2.75) is 25.7 Å². The summed E-state index contributed by atoms with van der Waals surface area (Å²) in [6.07, 6.45) is 3.03. The number of para-hydroxylation sites is 1. The molecular formula is C27H40N6O3. The molecule has 9 heteroatoms. The largest absolute Gasteiger partial charge is 0.465 e. The van der Waals surface area contributed by atoms with Gasteiger partial charge in [0.25, 0.3) is 5.91 Å². The number of benzene rings is 1. The third kappa shape index (κ3) is 7.07. The summed E-state index contributed by atoms with van der Waals surface area (Å²) in [6.45, 7) is 7.08. The number of hydrogen-bond acceptors (Lipinski definition) is 6. The van der Waals surface area contributed by atoms with Crippen LogP contribution in [0.1, 0.15) is 36.0 Å². The number of amides is 2. The molecular weight excluding hydrogens is 456 g/mol. The van der Waals surface area contributed by atoms with Crippen LogP contribution in [0.15, 0.2) is 30.3 Å². The quantitative estimate of drug-likeness (QED) is 0.491. The second-order valence-electron chi connectivity index (χ2n) is 10.5. The zero-order valence-corrected chi connectivity index (χ0v) is 21.6. The normalized spacial score (nSPS) is 21.0. The summed E-state index contributed by atoms with van der Waals surface area (Å²) in [5.74, 6) is 1.65. The first-order chi connectivity index (χ1) is 17.4. The van der Waals surface area contributed by atoms with E-state index in [4.69, 9.17) is 10.1 Å². The monoisotopic (exact) mass is 496 g/mol. The molecule has 4 rings (SSSR count). The number of anilines is 1.